The van der Waals surface area contributed by atoms with Crippen LogP contribution in [0.15, 0.2) is 30.3 Å². The average Bonchev–Trinajstić information content (AvgIpc) is 2.61. The summed E-state index contributed by atoms with van der Waals surface area (Å²) in [5.41, 5.74) is 7.87. The van der Waals surface area contributed by atoms with Gasteiger partial charge in [-0.3, -0.25) is 0 Å². The van der Waals surface area contributed by atoms with E-state index in [-0.39, 0.29) is 0 Å². The standard InChI is InChI=1S/C12H14ClN3/c1-2-3-10-8-12(14)16(15-10)11-6-4-9(13)5-7-11/h4-8H,2-3,14H2,1H3. The van der Waals surface area contributed by atoms with Crippen LogP contribution in [0, 0.1) is 0 Å². The van der Waals surface area contributed by atoms with Crippen molar-refractivity contribution in [1.82, 2.24) is 9.78 Å². The highest BCUT2D eigenvalue weighted by atomic mass is 35.5. The van der Waals surface area contributed by atoms with Crippen molar-refractivity contribution < 1.29 is 0 Å². The van der Waals surface area contributed by atoms with Gasteiger partial charge in [0.2, 0.25) is 0 Å². The zero-order chi connectivity index (χ0) is 11.5. The van der Waals surface area contributed by atoms with E-state index in [4.69, 9.17) is 17.3 Å². The van der Waals surface area contributed by atoms with E-state index in [0.29, 0.717) is 10.8 Å². The maximum absolute atomic E-state index is 5.91. The topological polar surface area (TPSA) is 43.8 Å². The number of nitrogens with zero attached hydrogens (tertiary/aromatic N) is 2. The number of aromatic nitrogens is 2. The molecule has 1 heterocycles. The van der Waals surface area contributed by atoms with Gasteiger partial charge in [-0.1, -0.05) is 24.9 Å². The summed E-state index contributed by atoms with van der Waals surface area (Å²) < 4.78 is 1.74. The van der Waals surface area contributed by atoms with Crippen LogP contribution in [-0.4, -0.2) is 9.78 Å². The Hall–Kier alpha value is -1.48. The molecule has 0 amide bonds. The van der Waals surface area contributed by atoms with Crippen LogP contribution in [0.2, 0.25) is 5.02 Å². The molecule has 0 fully saturated rings. The molecule has 0 atom stereocenters. The van der Waals surface area contributed by atoms with E-state index in [9.17, 15) is 0 Å². The highest BCUT2D eigenvalue weighted by Gasteiger charge is 2.05. The van der Waals surface area contributed by atoms with Crippen molar-refractivity contribution in [2.45, 2.75) is 19.8 Å². The maximum atomic E-state index is 5.91. The smallest absolute Gasteiger partial charge is 0.127 e. The fraction of sp³-hybridized carbons (Fsp3) is 0.250. The highest BCUT2D eigenvalue weighted by Crippen LogP contribution is 2.17. The summed E-state index contributed by atoms with van der Waals surface area (Å²) in [6.45, 7) is 2.12. The van der Waals surface area contributed by atoms with E-state index in [1.807, 2.05) is 30.3 Å². The molecule has 1 aromatic heterocycles. The first kappa shape index (κ1) is 11.0. The minimum atomic E-state index is 0.658. The molecule has 0 aliphatic carbocycles. The molecule has 0 radical (unpaired) electrons. The maximum Gasteiger partial charge on any atom is 0.127 e. The molecule has 2 aromatic rings. The van der Waals surface area contributed by atoms with Gasteiger partial charge < -0.3 is 5.73 Å². The van der Waals surface area contributed by atoms with Crippen molar-refractivity contribution in [2.24, 2.45) is 0 Å². The van der Waals surface area contributed by atoms with E-state index in [1.165, 1.54) is 0 Å². The third-order valence-electron chi connectivity index (χ3n) is 2.36. The van der Waals surface area contributed by atoms with Crippen molar-refractivity contribution >= 4 is 17.4 Å². The van der Waals surface area contributed by atoms with E-state index >= 15 is 0 Å². The normalized spacial score (nSPS) is 10.6. The summed E-state index contributed by atoms with van der Waals surface area (Å²) in [5.74, 6) is 0.658. The number of nitrogen functional groups attached to an aromatic ring is 1. The van der Waals surface area contributed by atoms with Crippen LogP contribution in [0.25, 0.3) is 5.69 Å². The van der Waals surface area contributed by atoms with Gasteiger partial charge in [-0.2, -0.15) is 5.10 Å². The lowest BCUT2D eigenvalue weighted by atomic mass is 10.2. The number of aryl methyl sites for hydroxylation is 1. The number of hydrogen-bond acceptors (Lipinski definition) is 2. The van der Waals surface area contributed by atoms with Gasteiger partial charge >= 0.3 is 0 Å². The lowest BCUT2D eigenvalue weighted by Gasteiger charge is -2.03. The summed E-state index contributed by atoms with van der Waals surface area (Å²) in [6, 6.07) is 9.38. The first-order valence-electron chi connectivity index (χ1n) is 5.31. The van der Waals surface area contributed by atoms with Gasteiger partial charge in [-0.05, 0) is 30.7 Å². The molecule has 0 bridgehead atoms. The average molecular weight is 236 g/mol. The summed E-state index contributed by atoms with van der Waals surface area (Å²) >= 11 is 5.83. The van der Waals surface area contributed by atoms with Crippen molar-refractivity contribution in [3.63, 3.8) is 0 Å². The largest absolute Gasteiger partial charge is 0.384 e. The van der Waals surface area contributed by atoms with Crippen molar-refractivity contribution in [1.29, 1.82) is 0 Å². The second-order valence-corrected chi connectivity index (χ2v) is 4.14. The Morgan fingerprint density at radius 3 is 2.62 bits per heavy atom. The van der Waals surface area contributed by atoms with Crippen LogP contribution >= 0.6 is 11.6 Å². The Kier molecular flexibility index (Phi) is 3.15. The molecule has 2 N–H and O–H groups in total. The second kappa shape index (κ2) is 4.58. The number of benzene rings is 1. The van der Waals surface area contributed by atoms with Crippen LogP contribution in [0.4, 0.5) is 5.82 Å². The molecule has 0 saturated heterocycles. The highest BCUT2D eigenvalue weighted by molar-refractivity contribution is 6.30. The van der Waals surface area contributed by atoms with E-state index < -0.39 is 0 Å². The van der Waals surface area contributed by atoms with Crippen LogP contribution < -0.4 is 5.73 Å². The fourth-order valence-corrected chi connectivity index (χ4v) is 1.74. The van der Waals surface area contributed by atoms with Gasteiger partial charge in [0.1, 0.15) is 5.82 Å². The summed E-state index contributed by atoms with van der Waals surface area (Å²) in [4.78, 5) is 0. The molecule has 4 heteroatoms. The van der Waals surface area contributed by atoms with Gasteiger partial charge in [-0.25, -0.2) is 4.68 Å². The van der Waals surface area contributed by atoms with Crippen molar-refractivity contribution in [2.75, 3.05) is 5.73 Å². The Morgan fingerprint density at radius 1 is 1.31 bits per heavy atom. The van der Waals surface area contributed by atoms with E-state index in [2.05, 4.69) is 12.0 Å². The van der Waals surface area contributed by atoms with Crippen LogP contribution in [0.5, 0.6) is 0 Å². The van der Waals surface area contributed by atoms with Crippen molar-refractivity contribution in [3.8, 4) is 5.69 Å². The fourth-order valence-electron chi connectivity index (χ4n) is 1.61. The monoisotopic (exact) mass is 235 g/mol. The molecule has 3 nitrogen and oxygen atoms in total. The number of nitrogens with two attached hydrogens (primary N) is 1. The Bertz CT molecular complexity index is 474. The molecule has 0 aliphatic heterocycles. The molecular weight excluding hydrogens is 222 g/mol. The number of rotatable bonds is 3. The summed E-state index contributed by atoms with van der Waals surface area (Å²) in [5, 5.41) is 5.16. The zero-order valence-corrected chi connectivity index (χ0v) is 9.91. The van der Waals surface area contributed by atoms with Gasteiger partial charge in [0.15, 0.2) is 0 Å². The third-order valence-corrected chi connectivity index (χ3v) is 2.62. The van der Waals surface area contributed by atoms with Crippen molar-refractivity contribution in [3.05, 3.63) is 41.0 Å². The third kappa shape index (κ3) is 2.19. The van der Waals surface area contributed by atoms with E-state index in [1.54, 1.807) is 4.68 Å². The molecule has 0 spiro atoms. The molecule has 1 aromatic carbocycles. The quantitative estimate of drug-likeness (QED) is 0.889. The van der Waals surface area contributed by atoms with Gasteiger partial charge in [0.25, 0.3) is 0 Å². The van der Waals surface area contributed by atoms with Gasteiger partial charge in [0.05, 0.1) is 11.4 Å². The van der Waals surface area contributed by atoms with Crippen LogP contribution in [0.3, 0.4) is 0 Å². The zero-order valence-electron chi connectivity index (χ0n) is 9.15. The molecule has 0 unspecified atom stereocenters. The molecular formula is C12H14ClN3. The summed E-state index contributed by atoms with van der Waals surface area (Å²) in [7, 11) is 0. The summed E-state index contributed by atoms with van der Waals surface area (Å²) in [6.07, 6.45) is 2.02. The SMILES string of the molecule is CCCc1cc(N)n(-c2ccc(Cl)cc2)n1. The Labute approximate surface area is 99.8 Å². The van der Waals surface area contributed by atoms with Gasteiger partial charge in [0, 0.05) is 11.1 Å². The number of anilines is 1. The minimum absolute atomic E-state index is 0.658. The molecule has 84 valence electrons. The first-order valence-corrected chi connectivity index (χ1v) is 5.69. The first-order chi connectivity index (χ1) is 7.70. The lowest BCUT2D eigenvalue weighted by Crippen LogP contribution is -2.01. The predicted molar refractivity (Wildman–Crippen MR) is 67.0 cm³/mol. The molecule has 0 aliphatic rings. The number of halogens is 1. The van der Waals surface area contributed by atoms with Crippen LogP contribution in [-0.2, 0) is 6.42 Å². The van der Waals surface area contributed by atoms with Crippen LogP contribution in [0.1, 0.15) is 19.0 Å². The van der Waals surface area contributed by atoms with E-state index in [0.717, 1.165) is 24.2 Å². The lowest BCUT2D eigenvalue weighted by molar-refractivity contribution is 0.811. The number of hydrogen-bond donors (Lipinski definition) is 1. The molecule has 0 saturated carbocycles. The molecule has 2 rings (SSSR count). The van der Waals surface area contributed by atoms with Gasteiger partial charge in [-0.15, -0.1) is 0 Å². The predicted octanol–water partition coefficient (Wildman–Crippen LogP) is 3.06. The Morgan fingerprint density at radius 2 is 2.00 bits per heavy atom. The Balaban J connectivity index is 2.36. The second-order valence-electron chi connectivity index (χ2n) is 3.70. The molecule has 16 heavy (non-hydrogen) atoms. The minimum Gasteiger partial charge on any atom is -0.384 e.